The Morgan fingerprint density at radius 3 is 2.55 bits per heavy atom. The first-order valence-electron chi connectivity index (χ1n) is 13.9. The molecule has 2 fully saturated rings. The van der Waals surface area contributed by atoms with E-state index in [-0.39, 0.29) is 11.8 Å². The number of hydrogen-bond donors (Lipinski definition) is 3. The summed E-state index contributed by atoms with van der Waals surface area (Å²) in [6.45, 7) is 6.70. The highest BCUT2D eigenvalue weighted by Gasteiger charge is 2.20. The van der Waals surface area contributed by atoms with Crippen LogP contribution in [-0.4, -0.2) is 79.2 Å². The number of morpholine rings is 1. The van der Waals surface area contributed by atoms with E-state index in [1.807, 2.05) is 25.1 Å². The molecule has 1 atom stereocenters. The molecule has 10 nitrogen and oxygen atoms in total. The summed E-state index contributed by atoms with van der Waals surface area (Å²) in [4.78, 5) is 39.3. The van der Waals surface area contributed by atoms with Crippen molar-refractivity contribution in [1.29, 1.82) is 0 Å². The van der Waals surface area contributed by atoms with Crippen LogP contribution in [0.5, 0.6) is 0 Å². The third kappa shape index (κ3) is 6.94. The van der Waals surface area contributed by atoms with E-state index in [0.717, 1.165) is 43.3 Å². The predicted octanol–water partition coefficient (Wildman–Crippen LogP) is 4.02. The van der Waals surface area contributed by atoms with Crippen LogP contribution < -0.4 is 20.9 Å². The summed E-state index contributed by atoms with van der Waals surface area (Å²) in [5.74, 6) is 1.00. The summed E-state index contributed by atoms with van der Waals surface area (Å²) in [6, 6.07) is 13.1. The first-order valence-corrected chi connectivity index (χ1v) is 13.9. The van der Waals surface area contributed by atoms with Crippen molar-refractivity contribution < 1.29 is 14.3 Å². The summed E-state index contributed by atoms with van der Waals surface area (Å²) in [5, 5.41) is 9.24. The van der Waals surface area contributed by atoms with Crippen molar-refractivity contribution in [3.63, 3.8) is 0 Å². The molecular formula is C30H37N7O3. The number of ether oxygens (including phenoxy) is 1. The first-order chi connectivity index (χ1) is 19.5. The van der Waals surface area contributed by atoms with Gasteiger partial charge in [0.1, 0.15) is 11.6 Å². The lowest BCUT2D eigenvalue weighted by atomic mass is 10.1. The Labute approximate surface area is 235 Å². The van der Waals surface area contributed by atoms with Crippen molar-refractivity contribution in [2.75, 3.05) is 67.3 Å². The second-order valence-corrected chi connectivity index (χ2v) is 10.4. The molecule has 2 aliphatic rings. The van der Waals surface area contributed by atoms with Gasteiger partial charge < -0.3 is 30.5 Å². The number of amides is 2. The summed E-state index contributed by atoms with van der Waals surface area (Å²) in [6.07, 6.45) is 6.80. The molecule has 4 heterocycles. The molecule has 0 saturated carbocycles. The molecule has 1 aromatic carbocycles. The number of likely N-dealkylation sites (tertiary alicyclic amines) is 1. The van der Waals surface area contributed by atoms with Crippen LogP contribution in [0.25, 0.3) is 0 Å². The van der Waals surface area contributed by atoms with E-state index in [1.54, 1.807) is 36.7 Å². The fourth-order valence-electron chi connectivity index (χ4n) is 5.10. The molecule has 5 rings (SSSR count). The maximum atomic E-state index is 13.0. The number of pyridine rings is 2. The van der Waals surface area contributed by atoms with Crippen LogP contribution in [0.4, 0.5) is 23.0 Å². The molecule has 1 unspecified atom stereocenters. The standard InChI is InChI=1S/C30H37N7O3/c1-21-5-7-24(34-29(38)22-9-11-32-28(18-22)37-14-16-40-17-15-37)19-26(21)35-30(39)23-6-8-27(33-20-23)31-12-10-25-4-3-13-36(25)2/h5-9,11,18-20,25H,3-4,10,12-17H2,1-2H3,(H,31,33)(H,34,38)(H,35,39). The zero-order chi connectivity index (χ0) is 27.9. The third-order valence-electron chi connectivity index (χ3n) is 7.57. The van der Waals surface area contributed by atoms with Crippen molar-refractivity contribution in [3.05, 3.63) is 71.5 Å². The Morgan fingerprint density at radius 1 is 0.975 bits per heavy atom. The van der Waals surface area contributed by atoms with Crippen molar-refractivity contribution in [2.45, 2.75) is 32.2 Å². The average molecular weight is 544 g/mol. The van der Waals surface area contributed by atoms with Gasteiger partial charge in [-0.25, -0.2) is 9.97 Å². The van der Waals surface area contributed by atoms with Crippen LogP contribution in [0.2, 0.25) is 0 Å². The molecule has 2 amide bonds. The van der Waals surface area contributed by atoms with Crippen LogP contribution in [0.1, 0.15) is 45.5 Å². The van der Waals surface area contributed by atoms with Crippen molar-refractivity contribution >= 4 is 34.8 Å². The summed E-state index contributed by atoms with van der Waals surface area (Å²) >= 11 is 0. The number of aryl methyl sites for hydroxylation is 1. The van der Waals surface area contributed by atoms with Gasteiger partial charge in [-0.1, -0.05) is 6.07 Å². The van der Waals surface area contributed by atoms with Gasteiger partial charge in [-0.05, 0) is 81.7 Å². The summed E-state index contributed by atoms with van der Waals surface area (Å²) in [5.41, 5.74) is 3.06. The van der Waals surface area contributed by atoms with Gasteiger partial charge in [-0.3, -0.25) is 9.59 Å². The Kier molecular flexibility index (Phi) is 8.87. The fraction of sp³-hybridized carbons (Fsp3) is 0.400. The number of carbonyl (C=O) groups excluding carboxylic acids is 2. The lowest BCUT2D eigenvalue weighted by molar-refractivity contribution is 0.101. The Bertz CT molecular complexity index is 1330. The second kappa shape index (κ2) is 12.9. The van der Waals surface area contributed by atoms with Gasteiger partial charge in [0, 0.05) is 55.0 Å². The number of anilines is 4. The largest absolute Gasteiger partial charge is 0.378 e. The van der Waals surface area contributed by atoms with Gasteiger partial charge in [0.2, 0.25) is 0 Å². The SMILES string of the molecule is Cc1ccc(NC(=O)c2ccnc(N3CCOCC3)c2)cc1NC(=O)c1ccc(NCCC2CCCN2C)nc1. The number of benzene rings is 1. The predicted molar refractivity (Wildman–Crippen MR) is 157 cm³/mol. The van der Waals surface area contributed by atoms with Crippen LogP contribution in [0, 0.1) is 6.92 Å². The number of rotatable bonds is 9. The van der Waals surface area contributed by atoms with E-state index in [4.69, 9.17) is 4.74 Å². The molecule has 0 aliphatic carbocycles. The van der Waals surface area contributed by atoms with Crippen LogP contribution in [0.3, 0.4) is 0 Å². The molecule has 40 heavy (non-hydrogen) atoms. The summed E-state index contributed by atoms with van der Waals surface area (Å²) < 4.78 is 5.41. The first kappa shape index (κ1) is 27.5. The number of nitrogens with one attached hydrogen (secondary N) is 3. The Hall–Kier alpha value is -4.02. The van der Waals surface area contributed by atoms with Gasteiger partial charge in [-0.2, -0.15) is 0 Å². The molecule has 10 heteroatoms. The van der Waals surface area contributed by atoms with Gasteiger partial charge in [0.15, 0.2) is 0 Å². The minimum atomic E-state index is -0.262. The van der Waals surface area contributed by atoms with E-state index in [0.29, 0.717) is 41.8 Å². The van der Waals surface area contributed by atoms with E-state index in [9.17, 15) is 9.59 Å². The van der Waals surface area contributed by atoms with Crippen LogP contribution in [-0.2, 0) is 4.74 Å². The number of nitrogens with zero attached hydrogens (tertiary/aromatic N) is 4. The van der Waals surface area contributed by atoms with Crippen molar-refractivity contribution in [1.82, 2.24) is 14.9 Å². The van der Waals surface area contributed by atoms with Gasteiger partial charge in [0.25, 0.3) is 11.8 Å². The summed E-state index contributed by atoms with van der Waals surface area (Å²) in [7, 11) is 2.18. The minimum Gasteiger partial charge on any atom is -0.378 e. The molecule has 3 aromatic rings. The Morgan fingerprint density at radius 2 is 1.80 bits per heavy atom. The zero-order valence-corrected chi connectivity index (χ0v) is 23.2. The fourth-order valence-corrected chi connectivity index (χ4v) is 5.10. The third-order valence-corrected chi connectivity index (χ3v) is 7.57. The van der Waals surface area contributed by atoms with Crippen LogP contribution in [0.15, 0.2) is 54.9 Å². The topological polar surface area (TPSA) is 112 Å². The highest BCUT2D eigenvalue weighted by Crippen LogP contribution is 2.23. The number of aromatic nitrogens is 2. The lowest BCUT2D eigenvalue weighted by Gasteiger charge is -2.27. The molecule has 2 aliphatic heterocycles. The molecule has 0 spiro atoms. The molecule has 3 N–H and O–H groups in total. The van der Waals surface area contributed by atoms with E-state index < -0.39 is 0 Å². The normalized spacial score (nSPS) is 17.4. The maximum absolute atomic E-state index is 13.0. The number of hydrogen-bond acceptors (Lipinski definition) is 8. The molecular weight excluding hydrogens is 506 g/mol. The lowest BCUT2D eigenvalue weighted by Crippen LogP contribution is -2.36. The molecule has 210 valence electrons. The number of carbonyl (C=O) groups is 2. The minimum absolute atomic E-state index is 0.245. The average Bonchev–Trinajstić information content (AvgIpc) is 3.40. The van der Waals surface area contributed by atoms with Gasteiger partial charge >= 0.3 is 0 Å². The van der Waals surface area contributed by atoms with Crippen molar-refractivity contribution in [3.8, 4) is 0 Å². The van der Waals surface area contributed by atoms with Gasteiger partial charge in [-0.15, -0.1) is 0 Å². The maximum Gasteiger partial charge on any atom is 0.257 e. The molecule has 0 bridgehead atoms. The van der Waals surface area contributed by atoms with Crippen LogP contribution >= 0.6 is 0 Å². The molecule has 0 radical (unpaired) electrons. The Balaban J connectivity index is 1.17. The van der Waals surface area contributed by atoms with E-state index in [2.05, 4.69) is 42.8 Å². The van der Waals surface area contributed by atoms with Crippen molar-refractivity contribution in [2.24, 2.45) is 0 Å². The van der Waals surface area contributed by atoms with E-state index in [1.165, 1.54) is 19.4 Å². The highest BCUT2D eigenvalue weighted by atomic mass is 16.5. The van der Waals surface area contributed by atoms with E-state index >= 15 is 0 Å². The smallest absolute Gasteiger partial charge is 0.257 e. The monoisotopic (exact) mass is 543 g/mol. The molecule has 2 aromatic heterocycles. The quantitative estimate of drug-likeness (QED) is 0.371. The zero-order valence-electron chi connectivity index (χ0n) is 23.2. The van der Waals surface area contributed by atoms with Gasteiger partial charge in [0.05, 0.1) is 18.8 Å². The highest BCUT2D eigenvalue weighted by molar-refractivity contribution is 6.07. The molecule has 2 saturated heterocycles. The second-order valence-electron chi connectivity index (χ2n) is 10.4.